The van der Waals surface area contributed by atoms with Crippen LogP contribution in [0.5, 0.6) is 0 Å². The molecule has 6 heteroatoms. The highest BCUT2D eigenvalue weighted by molar-refractivity contribution is 7.92. The molecule has 5 nitrogen and oxygen atoms in total. The molecule has 0 bridgehead atoms. The standard InChI is InChI=1S/C16H25NO4S/c1-16(2,12-17(3)4)22(20,21)11-14(10-15(18)19)13-8-6-5-7-9-13/h5-9,14H,10-12H2,1-4H3,(H,18,19). The molecule has 1 rings (SSSR count). The van der Waals surface area contributed by atoms with Crippen LogP contribution in [-0.4, -0.2) is 55.5 Å². The number of carboxylic acids is 1. The van der Waals surface area contributed by atoms with Gasteiger partial charge in [-0.2, -0.15) is 0 Å². The van der Waals surface area contributed by atoms with Crippen molar-refractivity contribution in [2.45, 2.75) is 30.9 Å². The van der Waals surface area contributed by atoms with Gasteiger partial charge in [-0.15, -0.1) is 0 Å². The summed E-state index contributed by atoms with van der Waals surface area (Å²) in [5, 5.41) is 9.09. The molecule has 0 saturated heterocycles. The minimum atomic E-state index is -3.45. The maximum absolute atomic E-state index is 12.7. The normalized spacial score (nSPS) is 14.0. The first-order chi connectivity index (χ1) is 10.0. The first kappa shape index (κ1) is 18.6. The van der Waals surface area contributed by atoms with Gasteiger partial charge in [0.15, 0.2) is 9.84 Å². The van der Waals surface area contributed by atoms with Gasteiger partial charge in [-0.3, -0.25) is 4.79 Å². The van der Waals surface area contributed by atoms with Crippen molar-refractivity contribution in [1.29, 1.82) is 0 Å². The lowest BCUT2D eigenvalue weighted by molar-refractivity contribution is -0.137. The molecular weight excluding hydrogens is 302 g/mol. The molecule has 0 spiro atoms. The topological polar surface area (TPSA) is 74.7 Å². The summed E-state index contributed by atoms with van der Waals surface area (Å²) in [4.78, 5) is 12.9. The van der Waals surface area contributed by atoms with Crippen molar-refractivity contribution in [3.05, 3.63) is 35.9 Å². The predicted octanol–water partition coefficient (Wildman–Crippen LogP) is 2.00. The average molecular weight is 327 g/mol. The van der Waals surface area contributed by atoms with Crippen LogP contribution in [0, 0.1) is 0 Å². The number of sulfone groups is 1. The summed E-state index contributed by atoms with van der Waals surface area (Å²) in [6.45, 7) is 3.76. The number of carbonyl (C=O) groups is 1. The average Bonchev–Trinajstić information content (AvgIpc) is 2.36. The van der Waals surface area contributed by atoms with Gasteiger partial charge in [0.2, 0.25) is 0 Å². The molecule has 0 fully saturated rings. The molecular formula is C16H25NO4S. The lowest BCUT2D eigenvalue weighted by atomic mass is 9.98. The number of rotatable bonds is 8. The fourth-order valence-electron chi connectivity index (χ4n) is 2.56. The lowest BCUT2D eigenvalue weighted by Gasteiger charge is -2.30. The Morgan fingerprint density at radius 2 is 1.77 bits per heavy atom. The van der Waals surface area contributed by atoms with Gasteiger partial charge >= 0.3 is 5.97 Å². The van der Waals surface area contributed by atoms with E-state index in [-0.39, 0.29) is 12.2 Å². The lowest BCUT2D eigenvalue weighted by Crippen LogP contribution is -2.44. The van der Waals surface area contributed by atoms with Crippen molar-refractivity contribution in [3.8, 4) is 0 Å². The molecule has 0 radical (unpaired) electrons. The fourth-order valence-corrected chi connectivity index (χ4v) is 4.31. The Labute approximate surface area is 132 Å². The number of carboxylic acid groups (broad SMARTS) is 1. The van der Waals surface area contributed by atoms with Crippen molar-refractivity contribution in [2.24, 2.45) is 0 Å². The van der Waals surface area contributed by atoms with Crippen LogP contribution in [0.2, 0.25) is 0 Å². The highest BCUT2D eigenvalue weighted by Crippen LogP contribution is 2.27. The molecule has 0 aromatic heterocycles. The Morgan fingerprint density at radius 3 is 2.23 bits per heavy atom. The zero-order chi connectivity index (χ0) is 17.0. The maximum Gasteiger partial charge on any atom is 0.303 e. The smallest absolute Gasteiger partial charge is 0.303 e. The van der Waals surface area contributed by atoms with Crippen LogP contribution < -0.4 is 0 Å². The Morgan fingerprint density at radius 1 is 1.23 bits per heavy atom. The monoisotopic (exact) mass is 327 g/mol. The molecule has 0 aliphatic rings. The SMILES string of the molecule is CN(C)CC(C)(C)S(=O)(=O)CC(CC(=O)O)c1ccccc1. The van der Waals surface area contributed by atoms with Crippen LogP contribution in [0.1, 0.15) is 31.7 Å². The van der Waals surface area contributed by atoms with Crippen LogP contribution in [-0.2, 0) is 14.6 Å². The molecule has 1 N–H and O–H groups in total. The third kappa shape index (κ3) is 5.10. The summed E-state index contributed by atoms with van der Waals surface area (Å²) in [6, 6.07) is 8.97. The van der Waals surface area contributed by atoms with Crippen LogP contribution in [0.25, 0.3) is 0 Å². The van der Waals surface area contributed by atoms with E-state index in [9.17, 15) is 13.2 Å². The van der Waals surface area contributed by atoms with Crippen molar-refractivity contribution >= 4 is 15.8 Å². The fraction of sp³-hybridized carbons (Fsp3) is 0.562. The van der Waals surface area contributed by atoms with E-state index in [1.807, 2.05) is 25.1 Å². The summed E-state index contributed by atoms with van der Waals surface area (Å²) in [5.41, 5.74) is 0.745. The van der Waals surface area contributed by atoms with Gasteiger partial charge < -0.3 is 10.0 Å². The van der Waals surface area contributed by atoms with Gasteiger partial charge in [-0.05, 0) is 33.5 Å². The minimum absolute atomic E-state index is 0.163. The second-order valence-electron chi connectivity index (χ2n) is 6.48. The van der Waals surface area contributed by atoms with Gasteiger partial charge in [0, 0.05) is 12.5 Å². The van der Waals surface area contributed by atoms with Crippen molar-refractivity contribution < 1.29 is 18.3 Å². The van der Waals surface area contributed by atoms with Gasteiger partial charge in [0.1, 0.15) is 0 Å². The summed E-state index contributed by atoms with van der Waals surface area (Å²) in [6.07, 6.45) is -0.193. The van der Waals surface area contributed by atoms with E-state index in [4.69, 9.17) is 5.11 Å². The van der Waals surface area contributed by atoms with E-state index in [0.717, 1.165) is 5.56 Å². The van der Waals surface area contributed by atoms with Gasteiger partial charge in [-0.25, -0.2) is 8.42 Å². The number of hydrogen-bond donors (Lipinski definition) is 1. The van der Waals surface area contributed by atoms with Crippen molar-refractivity contribution in [2.75, 3.05) is 26.4 Å². The van der Waals surface area contributed by atoms with E-state index in [1.54, 1.807) is 38.1 Å². The van der Waals surface area contributed by atoms with Crippen LogP contribution in [0.15, 0.2) is 30.3 Å². The van der Waals surface area contributed by atoms with Gasteiger partial charge in [-0.1, -0.05) is 30.3 Å². The molecule has 1 atom stereocenters. The van der Waals surface area contributed by atoms with Gasteiger partial charge in [0.25, 0.3) is 0 Å². The summed E-state index contributed by atoms with van der Waals surface area (Å²) in [7, 11) is 0.192. The van der Waals surface area contributed by atoms with E-state index in [0.29, 0.717) is 6.54 Å². The van der Waals surface area contributed by atoms with Gasteiger partial charge in [0.05, 0.1) is 16.9 Å². The summed E-state index contributed by atoms with van der Waals surface area (Å²) >= 11 is 0. The third-order valence-electron chi connectivity index (χ3n) is 3.65. The highest BCUT2D eigenvalue weighted by Gasteiger charge is 2.37. The second kappa shape index (κ2) is 7.24. The third-order valence-corrected chi connectivity index (χ3v) is 6.31. The summed E-state index contributed by atoms with van der Waals surface area (Å²) < 4.78 is 24.5. The molecule has 0 aliphatic carbocycles. The molecule has 1 aromatic carbocycles. The quantitative estimate of drug-likeness (QED) is 0.790. The number of hydrogen-bond acceptors (Lipinski definition) is 4. The molecule has 0 saturated carbocycles. The Kier molecular flexibility index (Phi) is 6.14. The first-order valence-corrected chi connectivity index (χ1v) is 8.84. The predicted molar refractivity (Wildman–Crippen MR) is 87.9 cm³/mol. The second-order valence-corrected chi connectivity index (χ2v) is 9.15. The zero-order valence-corrected chi connectivity index (χ0v) is 14.4. The number of benzene rings is 1. The number of nitrogens with zero attached hydrogens (tertiary/aromatic N) is 1. The van der Waals surface area contributed by atoms with E-state index in [2.05, 4.69) is 0 Å². The van der Waals surface area contributed by atoms with Crippen LogP contribution >= 0.6 is 0 Å². The van der Waals surface area contributed by atoms with E-state index < -0.39 is 26.5 Å². The molecule has 1 aromatic rings. The number of aliphatic carboxylic acids is 1. The molecule has 0 amide bonds. The van der Waals surface area contributed by atoms with E-state index >= 15 is 0 Å². The van der Waals surface area contributed by atoms with Crippen LogP contribution in [0.3, 0.4) is 0 Å². The Bertz CT molecular complexity index is 594. The van der Waals surface area contributed by atoms with Crippen molar-refractivity contribution in [3.63, 3.8) is 0 Å². The maximum atomic E-state index is 12.7. The largest absolute Gasteiger partial charge is 0.481 e. The minimum Gasteiger partial charge on any atom is -0.481 e. The molecule has 124 valence electrons. The molecule has 0 heterocycles. The highest BCUT2D eigenvalue weighted by atomic mass is 32.2. The van der Waals surface area contributed by atoms with Crippen LogP contribution in [0.4, 0.5) is 0 Å². The molecule has 1 unspecified atom stereocenters. The van der Waals surface area contributed by atoms with E-state index in [1.165, 1.54) is 0 Å². The first-order valence-electron chi connectivity index (χ1n) is 7.19. The molecule has 0 aliphatic heterocycles. The zero-order valence-electron chi connectivity index (χ0n) is 13.6. The molecule has 22 heavy (non-hydrogen) atoms. The van der Waals surface area contributed by atoms with Crippen molar-refractivity contribution in [1.82, 2.24) is 4.90 Å². The Balaban J connectivity index is 3.05. The summed E-state index contributed by atoms with van der Waals surface area (Å²) in [5.74, 6) is -1.69. The Hall–Kier alpha value is -1.40.